The molecule has 1 saturated heterocycles. The number of rotatable bonds is 7. The number of hydrogen-bond acceptors (Lipinski definition) is 5. The second-order valence-corrected chi connectivity index (χ2v) is 9.55. The number of benzene rings is 1. The van der Waals surface area contributed by atoms with Crippen LogP contribution in [-0.4, -0.2) is 39.4 Å². The number of fused-ring (bicyclic) bond motifs is 2. The van der Waals surface area contributed by atoms with Crippen molar-refractivity contribution in [1.82, 2.24) is 5.32 Å². The molecule has 4 rings (SSSR count). The summed E-state index contributed by atoms with van der Waals surface area (Å²) in [6, 6.07) is 6.00. The molecule has 5 nitrogen and oxygen atoms in total. The number of nitrogens with one attached hydrogen (secondary N) is 1. The molecule has 0 bridgehead atoms. The van der Waals surface area contributed by atoms with Crippen molar-refractivity contribution in [3.63, 3.8) is 0 Å². The Morgan fingerprint density at radius 2 is 2.07 bits per heavy atom. The quantitative estimate of drug-likeness (QED) is 0.413. The molecule has 1 aromatic rings. The van der Waals surface area contributed by atoms with Crippen LogP contribution in [0.4, 0.5) is 0 Å². The number of esters is 1. The monoisotopic (exact) mass is 413 g/mol. The van der Waals surface area contributed by atoms with Crippen molar-refractivity contribution < 1.29 is 19.0 Å². The third-order valence-electron chi connectivity index (χ3n) is 7.72. The Balaban J connectivity index is 1.33. The van der Waals surface area contributed by atoms with E-state index in [0.717, 1.165) is 43.7 Å². The fourth-order valence-corrected chi connectivity index (χ4v) is 6.02. The highest BCUT2D eigenvalue weighted by molar-refractivity contribution is 5.75. The fourth-order valence-electron chi connectivity index (χ4n) is 6.02. The lowest BCUT2D eigenvalue weighted by atomic mass is 9.55. The van der Waals surface area contributed by atoms with Crippen LogP contribution in [0, 0.1) is 23.2 Å². The summed E-state index contributed by atoms with van der Waals surface area (Å²) >= 11 is 0. The van der Waals surface area contributed by atoms with E-state index in [1.165, 1.54) is 24.0 Å². The maximum Gasteiger partial charge on any atom is 0.310 e. The minimum absolute atomic E-state index is 0.0172. The Kier molecular flexibility index (Phi) is 6.10. The Labute approximate surface area is 180 Å². The Hall–Kier alpha value is -2.01. The highest BCUT2D eigenvalue weighted by Gasteiger charge is 2.54. The van der Waals surface area contributed by atoms with Gasteiger partial charge < -0.3 is 19.5 Å². The summed E-state index contributed by atoms with van der Waals surface area (Å²) in [5.74, 6) is 2.28. The van der Waals surface area contributed by atoms with Gasteiger partial charge >= 0.3 is 5.97 Å². The van der Waals surface area contributed by atoms with E-state index in [1.54, 1.807) is 14.2 Å². The molecular formula is C25H35NO4. The smallest absolute Gasteiger partial charge is 0.310 e. The average Bonchev–Trinajstić information content (AvgIpc) is 3.03. The van der Waals surface area contributed by atoms with Crippen molar-refractivity contribution in [2.75, 3.05) is 27.3 Å². The average molecular weight is 414 g/mol. The summed E-state index contributed by atoms with van der Waals surface area (Å²) in [6.07, 6.45) is 6.59. The summed E-state index contributed by atoms with van der Waals surface area (Å²) in [5.41, 5.74) is 2.83. The van der Waals surface area contributed by atoms with Crippen LogP contribution in [0.5, 0.6) is 11.5 Å². The van der Waals surface area contributed by atoms with Crippen LogP contribution in [-0.2, 0) is 16.0 Å². The van der Waals surface area contributed by atoms with Crippen molar-refractivity contribution in [2.45, 2.75) is 51.6 Å². The zero-order chi connectivity index (χ0) is 21.3. The van der Waals surface area contributed by atoms with Crippen molar-refractivity contribution >= 4 is 5.97 Å². The van der Waals surface area contributed by atoms with E-state index in [9.17, 15) is 4.79 Å². The van der Waals surface area contributed by atoms with Gasteiger partial charge in [-0.3, -0.25) is 4.79 Å². The van der Waals surface area contributed by atoms with Gasteiger partial charge in [-0.25, -0.2) is 0 Å². The molecule has 0 amide bonds. The number of hydrogen-bond donors (Lipinski definition) is 1. The molecule has 0 aromatic heterocycles. The highest BCUT2D eigenvalue weighted by atomic mass is 16.6. The second-order valence-electron chi connectivity index (χ2n) is 9.55. The van der Waals surface area contributed by atoms with Crippen molar-refractivity contribution in [3.8, 4) is 11.5 Å². The highest BCUT2D eigenvalue weighted by Crippen LogP contribution is 2.56. The molecule has 5 heteroatoms. The molecule has 1 heterocycles. The fraction of sp³-hybridized carbons (Fsp3) is 0.640. The Morgan fingerprint density at radius 1 is 1.27 bits per heavy atom. The van der Waals surface area contributed by atoms with Gasteiger partial charge in [0.1, 0.15) is 6.10 Å². The van der Waals surface area contributed by atoms with E-state index >= 15 is 0 Å². The first-order valence-corrected chi connectivity index (χ1v) is 11.2. The van der Waals surface area contributed by atoms with Crippen LogP contribution in [0.25, 0.3) is 0 Å². The molecule has 5 atom stereocenters. The van der Waals surface area contributed by atoms with Crippen LogP contribution < -0.4 is 14.8 Å². The first kappa shape index (κ1) is 21.2. The first-order chi connectivity index (χ1) is 14.4. The van der Waals surface area contributed by atoms with E-state index in [0.29, 0.717) is 18.4 Å². The van der Waals surface area contributed by atoms with E-state index in [-0.39, 0.29) is 23.4 Å². The van der Waals surface area contributed by atoms with Crippen LogP contribution in [0.1, 0.15) is 44.6 Å². The molecule has 164 valence electrons. The number of carbonyl (C=O) groups excluding carboxylic acids is 1. The van der Waals surface area contributed by atoms with Gasteiger partial charge in [0.2, 0.25) is 0 Å². The zero-order valence-electron chi connectivity index (χ0n) is 18.5. The molecule has 3 aliphatic rings. The molecule has 2 aliphatic carbocycles. The van der Waals surface area contributed by atoms with Crippen LogP contribution in [0.15, 0.2) is 30.4 Å². The molecule has 1 aliphatic heterocycles. The maximum atomic E-state index is 12.6. The topological polar surface area (TPSA) is 56.8 Å². The van der Waals surface area contributed by atoms with Gasteiger partial charge in [-0.2, -0.15) is 0 Å². The summed E-state index contributed by atoms with van der Waals surface area (Å²) in [4.78, 5) is 12.6. The molecule has 0 unspecified atom stereocenters. The number of methoxy groups -OCH3 is 2. The Bertz CT molecular complexity index is 806. The van der Waals surface area contributed by atoms with Crippen molar-refractivity contribution in [1.29, 1.82) is 0 Å². The van der Waals surface area contributed by atoms with Gasteiger partial charge in [0.15, 0.2) is 11.5 Å². The molecule has 3 fully saturated rings. The number of ether oxygens (including phenoxy) is 3. The third-order valence-corrected chi connectivity index (χ3v) is 7.72. The predicted octanol–water partition coefficient (Wildman–Crippen LogP) is 4.15. The lowest BCUT2D eigenvalue weighted by Gasteiger charge is -2.50. The normalized spacial score (nSPS) is 32.9. The van der Waals surface area contributed by atoms with E-state index in [1.807, 2.05) is 12.1 Å². The lowest BCUT2D eigenvalue weighted by Crippen LogP contribution is -2.45. The van der Waals surface area contributed by atoms with Crippen molar-refractivity contribution in [2.24, 2.45) is 23.2 Å². The first-order valence-electron chi connectivity index (χ1n) is 11.2. The van der Waals surface area contributed by atoms with Crippen LogP contribution in [0.2, 0.25) is 0 Å². The Morgan fingerprint density at radius 3 is 2.83 bits per heavy atom. The van der Waals surface area contributed by atoms with Crippen molar-refractivity contribution in [3.05, 3.63) is 35.9 Å². The maximum absolute atomic E-state index is 12.6. The van der Waals surface area contributed by atoms with Gasteiger partial charge in [-0.05, 0) is 74.1 Å². The molecule has 0 radical (unpaired) electrons. The number of allylic oxidation sites excluding steroid dienone is 1. The summed E-state index contributed by atoms with van der Waals surface area (Å²) in [7, 11) is 3.29. The minimum atomic E-state index is -0.0420. The predicted molar refractivity (Wildman–Crippen MR) is 117 cm³/mol. The summed E-state index contributed by atoms with van der Waals surface area (Å²) < 4.78 is 16.5. The SMILES string of the molecule is C=C1CCC[C@]2(C)C[C@H]3OC(=O)[C@H](CNCCc4ccc(OC)c(OC)c4)[C@@H]3C[C@@H]12. The standard InChI is InChI=1S/C25H35NO4/c1-16-6-5-10-25(2)14-23-18(13-20(16)25)19(24(27)30-23)15-26-11-9-17-7-8-21(28-3)22(12-17)29-4/h7-8,12,18-20,23,26H,1,5-6,9-11,13-15H2,2-4H3/t18-,19+,20-,23+,25+/m0/s1. The van der Waals surface area contributed by atoms with Gasteiger partial charge in [0.05, 0.1) is 20.1 Å². The molecule has 0 spiro atoms. The van der Waals surface area contributed by atoms with Crippen LogP contribution >= 0.6 is 0 Å². The van der Waals surface area contributed by atoms with E-state index in [4.69, 9.17) is 14.2 Å². The molecule has 1 N–H and O–H groups in total. The molecule has 30 heavy (non-hydrogen) atoms. The summed E-state index contributed by atoms with van der Waals surface area (Å²) in [5, 5.41) is 3.50. The third kappa shape index (κ3) is 3.96. The molecular weight excluding hydrogens is 378 g/mol. The molecule has 1 aromatic carbocycles. The van der Waals surface area contributed by atoms with Gasteiger partial charge in [-0.1, -0.05) is 25.1 Å². The van der Waals surface area contributed by atoms with E-state index < -0.39 is 0 Å². The van der Waals surface area contributed by atoms with E-state index in [2.05, 4.69) is 24.9 Å². The second kappa shape index (κ2) is 8.62. The largest absolute Gasteiger partial charge is 0.493 e. The summed E-state index contributed by atoms with van der Waals surface area (Å²) in [6.45, 7) is 8.25. The van der Waals surface area contributed by atoms with Gasteiger partial charge in [0.25, 0.3) is 0 Å². The van der Waals surface area contributed by atoms with Crippen LogP contribution in [0.3, 0.4) is 0 Å². The number of carbonyl (C=O) groups is 1. The molecule has 2 saturated carbocycles. The van der Waals surface area contributed by atoms with Gasteiger partial charge in [-0.15, -0.1) is 0 Å². The van der Waals surface area contributed by atoms with Gasteiger partial charge in [0, 0.05) is 12.5 Å². The minimum Gasteiger partial charge on any atom is -0.493 e. The lowest BCUT2D eigenvalue weighted by molar-refractivity contribution is -0.146. The zero-order valence-corrected chi connectivity index (χ0v) is 18.5.